The highest BCUT2D eigenvalue weighted by molar-refractivity contribution is 7.89. The summed E-state index contributed by atoms with van der Waals surface area (Å²) in [6.45, 7) is 2.01. The van der Waals surface area contributed by atoms with Crippen molar-refractivity contribution in [3.05, 3.63) is 24.3 Å². The van der Waals surface area contributed by atoms with Crippen LogP contribution in [-0.4, -0.2) is 34.6 Å². The van der Waals surface area contributed by atoms with Gasteiger partial charge in [-0.25, -0.2) is 13.6 Å². The van der Waals surface area contributed by atoms with Gasteiger partial charge in [0, 0.05) is 25.3 Å². The lowest BCUT2D eigenvalue weighted by molar-refractivity contribution is 0.596. The second-order valence-electron chi connectivity index (χ2n) is 4.71. The van der Waals surface area contributed by atoms with E-state index in [1.54, 1.807) is 24.3 Å². The molecule has 0 amide bonds. The third-order valence-electron chi connectivity index (χ3n) is 3.26. The highest BCUT2D eigenvalue weighted by Crippen LogP contribution is 2.17. The van der Waals surface area contributed by atoms with Crippen LogP contribution in [0.3, 0.4) is 0 Å². The average molecular weight is 269 g/mol. The topological polar surface area (TPSA) is 75.4 Å². The number of hydrogen-bond donors (Lipinski definition) is 2. The minimum atomic E-state index is -3.60. The van der Waals surface area contributed by atoms with Crippen LogP contribution >= 0.6 is 0 Å². The molecule has 1 atom stereocenters. The van der Waals surface area contributed by atoms with Gasteiger partial charge in [-0.15, -0.1) is 0 Å². The molecule has 100 valence electrons. The molecule has 0 bridgehead atoms. The second kappa shape index (κ2) is 5.26. The van der Waals surface area contributed by atoms with Gasteiger partial charge in [0.15, 0.2) is 0 Å². The van der Waals surface area contributed by atoms with E-state index in [-0.39, 0.29) is 4.90 Å². The first-order valence-corrected chi connectivity index (χ1v) is 7.59. The van der Waals surface area contributed by atoms with Gasteiger partial charge in [0.2, 0.25) is 10.0 Å². The molecule has 1 unspecified atom stereocenters. The van der Waals surface area contributed by atoms with E-state index in [4.69, 9.17) is 5.14 Å². The van der Waals surface area contributed by atoms with Crippen LogP contribution in [0.5, 0.6) is 0 Å². The summed E-state index contributed by atoms with van der Waals surface area (Å²) in [5, 5.41) is 8.50. The fraction of sp³-hybridized carbons (Fsp3) is 0.500. The number of nitrogens with two attached hydrogens (primary N) is 1. The highest BCUT2D eigenvalue weighted by atomic mass is 32.2. The van der Waals surface area contributed by atoms with E-state index in [1.807, 2.05) is 7.05 Å². The maximum absolute atomic E-state index is 11.1. The zero-order valence-electron chi connectivity index (χ0n) is 10.5. The summed E-state index contributed by atoms with van der Waals surface area (Å²) in [6.07, 6.45) is 2.42. The number of nitrogens with one attached hydrogen (secondary N) is 1. The Balaban J connectivity index is 2.04. The molecular weight excluding hydrogens is 250 g/mol. The van der Waals surface area contributed by atoms with Crippen LogP contribution in [0, 0.1) is 0 Å². The predicted octanol–water partition coefficient (Wildman–Crippen LogP) is 0.522. The van der Waals surface area contributed by atoms with E-state index in [2.05, 4.69) is 10.2 Å². The summed E-state index contributed by atoms with van der Waals surface area (Å²) >= 11 is 0. The number of primary sulfonamides is 1. The SMILES string of the molecule is CN(CC1CCCN1)c1ccc(S(N)(=O)=O)cc1. The first kappa shape index (κ1) is 13.3. The molecule has 1 aliphatic rings. The molecule has 6 heteroatoms. The average Bonchev–Trinajstić information content (AvgIpc) is 2.81. The Morgan fingerprint density at radius 2 is 2.06 bits per heavy atom. The quantitative estimate of drug-likeness (QED) is 0.835. The van der Waals surface area contributed by atoms with Gasteiger partial charge in [-0.3, -0.25) is 0 Å². The normalized spacial score (nSPS) is 20.0. The maximum Gasteiger partial charge on any atom is 0.238 e. The zero-order valence-corrected chi connectivity index (χ0v) is 11.3. The number of nitrogens with zero attached hydrogens (tertiary/aromatic N) is 1. The third-order valence-corrected chi connectivity index (χ3v) is 4.19. The number of anilines is 1. The van der Waals surface area contributed by atoms with Gasteiger partial charge in [-0.2, -0.15) is 0 Å². The van der Waals surface area contributed by atoms with E-state index < -0.39 is 10.0 Å². The Labute approximate surface area is 108 Å². The van der Waals surface area contributed by atoms with Gasteiger partial charge in [-0.1, -0.05) is 0 Å². The van der Waals surface area contributed by atoms with E-state index in [1.165, 1.54) is 12.8 Å². The number of rotatable bonds is 4. The van der Waals surface area contributed by atoms with Crippen LogP contribution < -0.4 is 15.4 Å². The van der Waals surface area contributed by atoms with Crippen molar-refractivity contribution in [1.82, 2.24) is 5.32 Å². The smallest absolute Gasteiger partial charge is 0.238 e. The Morgan fingerprint density at radius 3 is 2.56 bits per heavy atom. The number of sulfonamides is 1. The lowest BCUT2D eigenvalue weighted by Crippen LogP contribution is -2.35. The molecule has 0 aromatic heterocycles. The summed E-state index contributed by atoms with van der Waals surface area (Å²) in [4.78, 5) is 2.27. The minimum Gasteiger partial charge on any atom is -0.373 e. The Bertz CT molecular complexity index is 493. The van der Waals surface area contributed by atoms with E-state index in [0.717, 1.165) is 18.8 Å². The summed E-state index contributed by atoms with van der Waals surface area (Å²) in [5.41, 5.74) is 0.996. The lowest BCUT2D eigenvalue weighted by Gasteiger charge is -2.23. The van der Waals surface area contributed by atoms with E-state index >= 15 is 0 Å². The van der Waals surface area contributed by atoms with E-state index in [9.17, 15) is 8.42 Å². The molecular formula is C12H19N3O2S. The molecule has 0 radical (unpaired) electrons. The highest BCUT2D eigenvalue weighted by Gasteiger charge is 2.16. The van der Waals surface area contributed by atoms with Crippen molar-refractivity contribution in [3.63, 3.8) is 0 Å². The van der Waals surface area contributed by atoms with Gasteiger partial charge in [-0.05, 0) is 43.7 Å². The van der Waals surface area contributed by atoms with Crippen molar-refractivity contribution in [2.75, 3.05) is 25.0 Å². The molecule has 0 spiro atoms. The fourth-order valence-corrected chi connectivity index (χ4v) is 2.75. The lowest BCUT2D eigenvalue weighted by atomic mass is 10.2. The van der Waals surface area contributed by atoms with Crippen LogP contribution in [0.2, 0.25) is 0 Å². The molecule has 0 aliphatic carbocycles. The standard InChI is InChI=1S/C12H19N3O2S/c1-15(9-10-3-2-8-14-10)11-4-6-12(7-5-11)18(13,16)17/h4-7,10,14H,2-3,8-9H2,1H3,(H2,13,16,17). The van der Waals surface area contributed by atoms with Gasteiger partial charge in [0.1, 0.15) is 0 Å². The molecule has 1 heterocycles. The van der Waals surface area contributed by atoms with Crippen molar-refractivity contribution >= 4 is 15.7 Å². The zero-order chi connectivity index (χ0) is 13.2. The van der Waals surface area contributed by atoms with Crippen LogP contribution in [0.15, 0.2) is 29.2 Å². The van der Waals surface area contributed by atoms with Crippen molar-refractivity contribution in [3.8, 4) is 0 Å². The first-order valence-electron chi connectivity index (χ1n) is 6.04. The minimum absolute atomic E-state index is 0.152. The molecule has 5 nitrogen and oxygen atoms in total. The summed E-state index contributed by atoms with van der Waals surface area (Å²) in [5.74, 6) is 0. The number of benzene rings is 1. The monoisotopic (exact) mass is 269 g/mol. The van der Waals surface area contributed by atoms with Gasteiger partial charge < -0.3 is 10.2 Å². The molecule has 1 aromatic rings. The Morgan fingerprint density at radius 1 is 1.39 bits per heavy atom. The van der Waals surface area contributed by atoms with Crippen molar-refractivity contribution < 1.29 is 8.42 Å². The molecule has 1 aliphatic heterocycles. The molecule has 18 heavy (non-hydrogen) atoms. The third kappa shape index (κ3) is 3.22. The maximum atomic E-state index is 11.1. The van der Waals surface area contributed by atoms with Crippen LogP contribution in [-0.2, 0) is 10.0 Å². The number of likely N-dealkylation sites (N-methyl/N-ethyl adjacent to an activating group) is 1. The molecule has 1 aromatic carbocycles. The Hall–Kier alpha value is -1.11. The predicted molar refractivity (Wildman–Crippen MR) is 72.1 cm³/mol. The van der Waals surface area contributed by atoms with Crippen LogP contribution in [0.25, 0.3) is 0 Å². The Kier molecular flexibility index (Phi) is 3.89. The van der Waals surface area contributed by atoms with Crippen molar-refractivity contribution in [2.24, 2.45) is 5.14 Å². The molecule has 3 N–H and O–H groups in total. The van der Waals surface area contributed by atoms with Crippen molar-refractivity contribution in [2.45, 2.75) is 23.8 Å². The van der Waals surface area contributed by atoms with Crippen molar-refractivity contribution in [1.29, 1.82) is 0 Å². The molecule has 2 rings (SSSR count). The van der Waals surface area contributed by atoms with Gasteiger partial charge >= 0.3 is 0 Å². The van der Waals surface area contributed by atoms with Gasteiger partial charge in [0.05, 0.1) is 4.90 Å². The molecule has 1 fully saturated rings. The van der Waals surface area contributed by atoms with Gasteiger partial charge in [0.25, 0.3) is 0 Å². The summed E-state index contributed by atoms with van der Waals surface area (Å²) < 4.78 is 22.3. The first-order chi connectivity index (χ1) is 8.47. The largest absolute Gasteiger partial charge is 0.373 e. The molecule has 1 saturated heterocycles. The summed E-state index contributed by atoms with van der Waals surface area (Å²) in [6, 6.07) is 7.18. The van der Waals surface area contributed by atoms with E-state index in [0.29, 0.717) is 6.04 Å². The second-order valence-corrected chi connectivity index (χ2v) is 6.27. The number of hydrogen-bond acceptors (Lipinski definition) is 4. The van der Waals surface area contributed by atoms with Crippen LogP contribution in [0.1, 0.15) is 12.8 Å². The van der Waals surface area contributed by atoms with Crippen LogP contribution in [0.4, 0.5) is 5.69 Å². The molecule has 0 saturated carbocycles. The fourth-order valence-electron chi connectivity index (χ4n) is 2.24. The summed E-state index contributed by atoms with van der Waals surface area (Å²) in [7, 11) is -1.59.